The summed E-state index contributed by atoms with van der Waals surface area (Å²) in [6, 6.07) is 8.01. The van der Waals surface area contributed by atoms with Gasteiger partial charge in [-0.15, -0.1) is 0 Å². The number of urea groups is 1. The fourth-order valence-electron chi connectivity index (χ4n) is 3.13. The Kier molecular flexibility index (Phi) is 7.85. The SMILES string of the molecule is COCCNC(=O)NCC(c1ccccc1OC)N1CCCCC1. The maximum atomic E-state index is 12.0. The van der Waals surface area contributed by atoms with E-state index in [1.165, 1.54) is 19.3 Å². The first-order chi connectivity index (χ1) is 11.8. The standard InChI is InChI=1S/C18H29N3O3/c1-23-13-10-19-18(22)20-14-16(21-11-6-3-7-12-21)15-8-4-5-9-17(15)24-2/h4-5,8-9,16H,3,6-7,10-14H2,1-2H3,(H2,19,20,22). The number of ether oxygens (including phenoxy) is 2. The molecule has 1 fully saturated rings. The minimum absolute atomic E-state index is 0.120. The molecule has 6 nitrogen and oxygen atoms in total. The van der Waals surface area contributed by atoms with Crippen LogP contribution in [0, 0.1) is 0 Å². The van der Waals surface area contributed by atoms with E-state index in [2.05, 4.69) is 21.6 Å². The molecular formula is C18H29N3O3. The molecular weight excluding hydrogens is 306 g/mol. The number of hydrogen-bond donors (Lipinski definition) is 2. The second-order valence-electron chi connectivity index (χ2n) is 5.98. The smallest absolute Gasteiger partial charge is 0.314 e. The molecule has 0 spiro atoms. The van der Waals surface area contributed by atoms with Crippen molar-refractivity contribution in [3.8, 4) is 5.75 Å². The van der Waals surface area contributed by atoms with Crippen LogP contribution >= 0.6 is 0 Å². The summed E-state index contributed by atoms with van der Waals surface area (Å²) in [5.74, 6) is 0.870. The zero-order chi connectivity index (χ0) is 17.2. The normalized spacial score (nSPS) is 16.4. The quantitative estimate of drug-likeness (QED) is 0.715. The summed E-state index contributed by atoms with van der Waals surface area (Å²) in [4.78, 5) is 14.4. The number of nitrogens with zero attached hydrogens (tertiary/aromatic N) is 1. The van der Waals surface area contributed by atoms with Crippen molar-refractivity contribution in [2.75, 3.05) is 47.0 Å². The molecule has 1 saturated heterocycles. The summed E-state index contributed by atoms with van der Waals surface area (Å²) in [6.45, 7) is 3.67. The van der Waals surface area contributed by atoms with Gasteiger partial charge in [0.15, 0.2) is 0 Å². The molecule has 1 aromatic carbocycles. The van der Waals surface area contributed by atoms with Crippen LogP contribution in [0.25, 0.3) is 0 Å². The minimum atomic E-state index is -0.163. The van der Waals surface area contributed by atoms with Crippen molar-refractivity contribution in [2.45, 2.75) is 25.3 Å². The van der Waals surface area contributed by atoms with E-state index in [0.29, 0.717) is 19.7 Å². The van der Waals surface area contributed by atoms with E-state index in [1.54, 1.807) is 14.2 Å². The number of para-hydroxylation sites is 1. The highest BCUT2D eigenvalue weighted by Gasteiger charge is 2.25. The van der Waals surface area contributed by atoms with Crippen LogP contribution in [0.2, 0.25) is 0 Å². The van der Waals surface area contributed by atoms with E-state index in [9.17, 15) is 4.79 Å². The molecule has 24 heavy (non-hydrogen) atoms. The van der Waals surface area contributed by atoms with E-state index < -0.39 is 0 Å². The lowest BCUT2D eigenvalue weighted by atomic mass is 10.0. The number of amides is 2. The van der Waals surface area contributed by atoms with Gasteiger partial charge in [-0.25, -0.2) is 4.79 Å². The Hall–Kier alpha value is -1.79. The minimum Gasteiger partial charge on any atom is -0.496 e. The predicted molar refractivity (Wildman–Crippen MR) is 94.4 cm³/mol. The van der Waals surface area contributed by atoms with Crippen LogP contribution < -0.4 is 15.4 Å². The summed E-state index contributed by atoms with van der Waals surface area (Å²) in [5.41, 5.74) is 1.12. The number of likely N-dealkylation sites (tertiary alicyclic amines) is 1. The van der Waals surface area contributed by atoms with E-state index in [4.69, 9.17) is 9.47 Å². The number of rotatable bonds is 8. The first-order valence-corrected chi connectivity index (χ1v) is 8.64. The Bertz CT molecular complexity index is 504. The van der Waals surface area contributed by atoms with Crippen LogP contribution in [0.5, 0.6) is 5.75 Å². The first-order valence-electron chi connectivity index (χ1n) is 8.64. The third-order valence-electron chi connectivity index (χ3n) is 4.38. The molecule has 1 atom stereocenters. The van der Waals surface area contributed by atoms with Gasteiger partial charge < -0.3 is 20.1 Å². The highest BCUT2D eigenvalue weighted by molar-refractivity contribution is 5.73. The number of methoxy groups -OCH3 is 2. The molecule has 1 aromatic rings. The fourth-order valence-corrected chi connectivity index (χ4v) is 3.13. The second-order valence-corrected chi connectivity index (χ2v) is 5.98. The number of piperidine rings is 1. The molecule has 1 heterocycles. The topological polar surface area (TPSA) is 62.8 Å². The van der Waals surface area contributed by atoms with Gasteiger partial charge in [-0.2, -0.15) is 0 Å². The molecule has 0 saturated carbocycles. The van der Waals surface area contributed by atoms with E-state index >= 15 is 0 Å². The van der Waals surface area contributed by atoms with Crippen LogP contribution in [0.3, 0.4) is 0 Å². The molecule has 0 bridgehead atoms. The lowest BCUT2D eigenvalue weighted by Gasteiger charge is -2.35. The Morgan fingerprint density at radius 3 is 2.62 bits per heavy atom. The molecule has 0 aliphatic carbocycles. The largest absolute Gasteiger partial charge is 0.496 e. The second kappa shape index (κ2) is 10.2. The summed E-state index contributed by atoms with van der Waals surface area (Å²) >= 11 is 0. The van der Waals surface area contributed by atoms with Gasteiger partial charge in [-0.3, -0.25) is 4.90 Å². The van der Waals surface area contributed by atoms with Gasteiger partial charge in [0.05, 0.1) is 19.8 Å². The van der Waals surface area contributed by atoms with Crippen LogP contribution in [0.15, 0.2) is 24.3 Å². The highest BCUT2D eigenvalue weighted by atomic mass is 16.5. The van der Waals surface area contributed by atoms with Crippen LogP contribution in [0.4, 0.5) is 4.79 Å². The monoisotopic (exact) mass is 335 g/mol. The van der Waals surface area contributed by atoms with E-state index in [0.717, 1.165) is 24.4 Å². The highest BCUT2D eigenvalue weighted by Crippen LogP contribution is 2.30. The maximum Gasteiger partial charge on any atom is 0.314 e. The first kappa shape index (κ1) is 18.5. The van der Waals surface area contributed by atoms with Gasteiger partial charge in [0.2, 0.25) is 0 Å². The molecule has 1 aliphatic heterocycles. The molecule has 134 valence electrons. The van der Waals surface area contributed by atoms with Crippen molar-refractivity contribution in [3.05, 3.63) is 29.8 Å². The zero-order valence-electron chi connectivity index (χ0n) is 14.7. The number of nitrogens with one attached hydrogen (secondary N) is 2. The van der Waals surface area contributed by atoms with E-state index in [-0.39, 0.29) is 12.1 Å². The van der Waals surface area contributed by atoms with Gasteiger partial charge in [-0.1, -0.05) is 24.6 Å². The van der Waals surface area contributed by atoms with Crippen molar-refractivity contribution in [1.29, 1.82) is 0 Å². The van der Waals surface area contributed by atoms with Crippen molar-refractivity contribution >= 4 is 6.03 Å². The van der Waals surface area contributed by atoms with Crippen molar-refractivity contribution in [1.82, 2.24) is 15.5 Å². The average molecular weight is 335 g/mol. The number of hydrogen-bond acceptors (Lipinski definition) is 4. The van der Waals surface area contributed by atoms with Gasteiger partial charge >= 0.3 is 6.03 Å². The molecule has 6 heteroatoms. The fraction of sp³-hybridized carbons (Fsp3) is 0.611. The van der Waals surface area contributed by atoms with Crippen LogP contribution in [-0.2, 0) is 4.74 Å². The Morgan fingerprint density at radius 2 is 1.92 bits per heavy atom. The number of carbonyl (C=O) groups is 1. The van der Waals surface area contributed by atoms with Gasteiger partial charge in [-0.05, 0) is 32.0 Å². The lowest BCUT2D eigenvalue weighted by molar-refractivity contribution is 0.157. The van der Waals surface area contributed by atoms with Crippen molar-refractivity contribution < 1.29 is 14.3 Å². The molecule has 1 aliphatic rings. The van der Waals surface area contributed by atoms with Crippen molar-refractivity contribution in [2.24, 2.45) is 0 Å². The van der Waals surface area contributed by atoms with Crippen molar-refractivity contribution in [3.63, 3.8) is 0 Å². The lowest BCUT2D eigenvalue weighted by Crippen LogP contribution is -2.44. The summed E-state index contributed by atoms with van der Waals surface area (Å²) in [5, 5.41) is 5.78. The number of benzene rings is 1. The van der Waals surface area contributed by atoms with Crippen LogP contribution in [0.1, 0.15) is 30.9 Å². The predicted octanol–water partition coefficient (Wildman–Crippen LogP) is 2.17. The Morgan fingerprint density at radius 1 is 1.17 bits per heavy atom. The third kappa shape index (κ3) is 5.39. The number of carbonyl (C=O) groups excluding carboxylic acids is 1. The molecule has 1 unspecified atom stereocenters. The van der Waals surface area contributed by atoms with Gasteiger partial charge in [0, 0.05) is 25.8 Å². The Balaban J connectivity index is 2.04. The molecule has 0 aromatic heterocycles. The van der Waals surface area contributed by atoms with Crippen LogP contribution in [-0.4, -0.2) is 57.9 Å². The molecule has 2 N–H and O–H groups in total. The zero-order valence-corrected chi connectivity index (χ0v) is 14.7. The third-order valence-corrected chi connectivity index (χ3v) is 4.38. The maximum absolute atomic E-state index is 12.0. The summed E-state index contributed by atoms with van der Waals surface area (Å²) in [7, 11) is 3.31. The van der Waals surface area contributed by atoms with E-state index in [1.807, 2.05) is 18.2 Å². The molecule has 2 rings (SSSR count). The summed E-state index contributed by atoms with van der Waals surface area (Å²) in [6.07, 6.45) is 3.68. The van der Waals surface area contributed by atoms with Gasteiger partial charge in [0.1, 0.15) is 5.75 Å². The average Bonchev–Trinajstić information content (AvgIpc) is 2.63. The van der Waals surface area contributed by atoms with Gasteiger partial charge in [0.25, 0.3) is 0 Å². The Labute approximate surface area is 144 Å². The summed E-state index contributed by atoms with van der Waals surface area (Å²) < 4.78 is 10.5. The molecule has 0 radical (unpaired) electrons. The molecule has 2 amide bonds.